The monoisotopic (exact) mass is 332 g/mol. The van der Waals surface area contributed by atoms with Gasteiger partial charge in [-0.1, -0.05) is 0 Å². The summed E-state index contributed by atoms with van der Waals surface area (Å²) in [6, 6.07) is 6.75. The van der Waals surface area contributed by atoms with Crippen LogP contribution in [0.2, 0.25) is 0 Å². The molecule has 0 bridgehead atoms. The van der Waals surface area contributed by atoms with Crippen LogP contribution in [0.15, 0.2) is 34.1 Å². The van der Waals surface area contributed by atoms with E-state index in [9.17, 15) is 8.42 Å². The summed E-state index contributed by atoms with van der Waals surface area (Å²) in [6.07, 6.45) is 0. The normalized spacial score (nSPS) is 15.4. The van der Waals surface area contributed by atoms with Gasteiger partial charge in [0.05, 0.1) is 33.2 Å². The van der Waals surface area contributed by atoms with Crippen molar-refractivity contribution in [3.63, 3.8) is 0 Å². The molecule has 1 aliphatic heterocycles. The van der Waals surface area contributed by atoms with Crippen LogP contribution in [0.1, 0.15) is 0 Å². The molecule has 0 saturated heterocycles. The lowest BCUT2D eigenvalue weighted by atomic mass is 10.0. The van der Waals surface area contributed by atoms with Crippen LogP contribution < -0.4 is 0 Å². The maximum absolute atomic E-state index is 12.7. The predicted octanol–water partition coefficient (Wildman–Crippen LogP) is 2.51. The highest BCUT2D eigenvalue weighted by molar-refractivity contribution is 7.92. The first-order chi connectivity index (χ1) is 10.1. The van der Waals surface area contributed by atoms with Gasteiger partial charge in [0, 0.05) is 11.1 Å². The summed E-state index contributed by atoms with van der Waals surface area (Å²) in [5, 5.41) is 0. The Morgan fingerprint density at radius 3 is 1.48 bits per heavy atom. The number of benzene rings is 2. The highest BCUT2D eigenvalue weighted by Crippen LogP contribution is 2.45. The van der Waals surface area contributed by atoms with Crippen LogP contribution in [0, 0.1) is 0 Å². The van der Waals surface area contributed by atoms with E-state index in [1.165, 1.54) is 0 Å². The third-order valence-electron chi connectivity index (χ3n) is 3.58. The molecule has 102 valence electrons. The first-order valence-corrected chi connectivity index (χ1v) is 8.87. The van der Waals surface area contributed by atoms with Crippen LogP contribution in [0.4, 0.5) is 0 Å². The molecule has 2 aromatic carbocycles. The lowest BCUT2D eigenvalue weighted by Gasteiger charge is -1.97. The first kappa shape index (κ1) is 11.7. The van der Waals surface area contributed by atoms with Crippen LogP contribution in [0.3, 0.4) is 0 Å². The molecule has 0 fully saturated rings. The summed E-state index contributed by atoms with van der Waals surface area (Å²) in [7, 11) is -3.53. The highest BCUT2D eigenvalue weighted by atomic mass is 32.2. The number of hydrogen-bond acceptors (Lipinski definition) is 8. The minimum Gasteiger partial charge on any atom is -0.218 e. The smallest absolute Gasteiger partial charge is 0.207 e. The highest BCUT2D eigenvalue weighted by Gasteiger charge is 2.34. The third kappa shape index (κ3) is 1.38. The maximum atomic E-state index is 12.7. The van der Waals surface area contributed by atoms with Crippen LogP contribution >= 0.6 is 23.5 Å². The Balaban J connectivity index is 2.00. The van der Waals surface area contributed by atoms with Crippen molar-refractivity contribution in [2.24, 2.45) is 0 Å². The standard InChI is InChI=1S/C12H4N4O2S3/c17-21(18)11-3-9-7(13-19-15-9)1-5(11)6-2-8-10(4-12(6)21)16-20-14-8/h1-4H. The van der Waals surface area contributed by atoms with Gasteiger partial charge in [-0.2, -0.15) is 17.5 Å². The average molecular weight is 332 g/mol. The molecule has 9 heteroatoms. The van der Waals surface area contributed by atoms with Crippen LogP contribution in [0.5, 0.6) is 0 Å². The minimum absolute atomic E-state index is 0.286. The zero-order valence-electron chi connectivity index (χ0n) is 10.1. The van der Waals surface area contributed by atoms with Gasteiger partial charge in [-0.25, -0.2) is 8.42 Å². The Kier molecular flexibility index (Phi) is 2.01. The topological polar surface area (TPSA) is 85.7 Å². The summed E-state index contributed by atoms with van der Waals surface area (Å²) >= 11 is 2.15. The summed E-state index contributed by atoms with van der Waals surface area (Å²) < 4.78 is 42.0. The van der Waals surface area contributed by atoms with E-state index < -0.39 is 9.84 Å². The summed E-state index contributed by atoms with van der Waals surface area (Å²) in [6.45, 7) is 0. The van der Waals surface area contributed by atoms with Gasteiger partial charge in [0.2, 0.25) is 9.84 Å². The first-order valence-electron chi connectivity index (χ1n) is 5.93. The minimum atomic E-state index is -3.53. The van der Waals surface area contributed by atoms with E-state index in [0.717, 1.165) is 23.5 Å². The molecular formula is C12H4N4O2S3. The Hall–Kier alpha value is -1.97. The van der Waals surface area contributed by atoms with Crippen molar-refractivity contribution in [3.05, 3.63) is 24.3 Å². The van der Waals surface area contributed by atoms with E-state index in [4.69, 9.17) is 0 Å². The molecule has 0 amide bonds. The molecule has 0 saturated carbocycles. The van der Waals surface area contributed by atoms with Gasteiger partial charge in [0.15, 0.2) is 0 Å². The van der Waals surface area contributed by atoms with Crippen molar-refractivity contribution in [3.8, 4) is 11.1 Å². The van der Waals surface area contributed by atoms with Gasteiger partial charge in [0.1, 0.15) is 22.1 Å². The van der Waals surface area contributed by atoms with Gasteiger partial charge < -0.3 is 0 Å². The number of hydrogen-bond donors (Lipinski definition) is 0. The van der Waals surface area contributed by atoms with E-state index in [1.807, 2.05) is 0 Å². The molecule has 0 unspecified atom stereocenters. The average Bonchev–Trinajstić information content (AvgIpc) is 3.15. The van der Waals surface area contributed by atoms with E-state index in [-0.39, 0.29) is 9.79 Å². The molecule has 5 rings (SSSR count). The van der Waals surface area contributed by atoms with Crippen molar-refractivity contribution in [2.75, 3.05) is 0 Å². The van der Waals surface area contributed by atoms with Gasteiger partial charge in [-0.3, -0.25) is 0 Å². The fraction of sp³-hybridized carbons (Fsp3) is 0. The summed E-state index contributed by atoms with van der Waals surface area (Å²) in [4.78, 5) is 0.572. The number of rotatable bonds is 0. The lowest BCUT2D eigenvalue weighted by Crippen LogP contribution is -1.96. The quantitative estimate of drug-likeness (QED) is 0.433. The summed E-state index contributed by atoms with van der Waals surface area (Å²) in [5.74, 6) is 0. The maximum Gasteiger partial charge on any atom is 0.207 e. The van der Waals surface area contributed by atoms with E-state index in [2.05, 4.69) is 17.5 Å². The van der Waals surface area contributed by atoms with E-state index >= 15 is 0 Å². The molecule has 21 heavy (non-hydrogen) atoms. The lowest BCUT2D eigenvalue weighted by molar-refractivity contribution is 0.599. The Bertz CT molecular complexity index is 1070. The SMILES string of the molecule is O=S1(=O)c2cc3nsnc3cc2-c2cc3nsnc3cc21. The molecule has 3 heterocycles. The molecule has 0 spiro atoms. The number of fused-ring (bicyclic) bond motifs is 5. The van der Waals surface area contributed by atoms with E-state index in [0.29, 0.717) is 33.2 Å². The largest absolute Gasteiger partial charge is 0.218 e. The van der Waals surface area contributed by atoms with Crippen molar-refractivity contribution < 1.29 is 8.42 Å². The molecule has 6 nitrogen and oxygen atoms in total. The van der Waals surface area contributed by atoms with Gasteiger partial charge >= 0.3 is 0 Å². The molecule has 4 aromatic rings. The van der Waals surface area contributed by atoms with Crippen molar-refractivity contribution in [2.45, 2.75) is 9.79 Å². The number of sulfone groups is 1. The fourth-order valence-electron chi connectivity index (χ4n) is 2.61. The molecule has 2 aromatic heterocycles. The molecule has 0 aliphatic carbocycles. The second kappa shape index (κ2) is 3.62. The van der Waals surface area contributed by atoms with Gasteiger partial charge in [-0.15, -0.1) is 0 Å². The molecule has 0 radical (unpaired) electrons. The summed E-state index contributed by atoms with van der Waals surface area (Å²) in [5.41, 5.74) is 3.96. The van der Waals surface area contributed by atoms with Crippen LogP contribution in [-0.2, 0) is 9.84 Å². The van der Waals surface area contributed by atoms with Crippen LogP contribution in [0.25, 0.3) is 33.2 Å². The second-order valence-electron chi connectivity index (χ2n) is 4.71. The van der Waals surface area contributed by atoms with Crippen LogP contribution in [-0.4, -0.2) is 25.9 Å². The molecular weight excluding hydrogens is 328 g/mol. The molecule has 0 N–H and O–H groups in total. The Morgan fingerprint density at radius 1 is 0.667 bits per heavy atom. The Morgan fingerprint density at radius 2 is 1.05 bits per heavy atom. The molecule has 0 atom stereocenters. The Labute approximate surface area is 126 Å². The third-order valence-corrected chi connectivity index (χ3v) is 6.53. The number of aromatic nitrogens is 4. The predicted molar refractivity (Wildman–Crippen MR) is 79.3 cm³/mol. The molecule has 1 aliphatic rings. The van der Waals surface area contributed by atoms with Gasteiger partial charge in [-0.05, 0) is 24.3 Å². The number of nitrogens with zero attached hydrogens (tertiary/aromatic N) is 4. The van der Waals surface area contributed by atoms with E-state index in [1.54, 1.807) is 24.3 Å². The van der Waals surface area contributed by atoms with Gasteiger partial charge in [0.25, 0.3) is 0 Å². The second-order valence-corrected chi connectivity index (χ2v) is 7.65. The fourth-order valence-corrected chi connectivity index (χ4v) is 5.31. The van der Waals surface area contributed by atoms with Crippen molar-refractivity contribution in [1.82, 2.24) is 17.5 Å². The van der Waals surface area contributed by atoms with Crippen molar-refractivity contribution in [1.29, 1.82) is 0 Å². The zero-order chi connectivity index (χ0) is 14.2. The van der Waals surface area contributed by atoms with Crippen molar-refractivity contribution >= 4 is 55.4 Å². The zero-order valence-corrected chi connectivity index (χ0v) is 12.6.